The van der Waals surface area contributed by atoms with Gasteiger partial charge in [0.1, 0.15) is 4.21 Å². The van der Waals surface area contributed by atoms with Crippen molar-refractivity contribution in [1.82, 2.24) is 14.9 Å². The number of nitrogens with zero attached hydrogens (tertiary/aromatic N) is 2. The van der Waals surface area contributed by atoms with Crippen LogP contribution in [0.1, 0.15) is 25.6 Å². The average Bonchev–Trinajstić information content (AvgIpc) is 2.95. The first-order valence-electron chi connectivity index (χ1n) is 5.92. The number of aromatic nitrogens is 2. The van der Waals surface area contributed by atoms with Gasteiger partial charge in [0.05, 0.1) is 6.54 Å². The van der Waals surface area contributed by atoms with Gasteiger partial charge in [-0.3, -0.25) is 0 Å². The summed E-state index contributed by atoms with van der Waals surface area (Å²) in [6, 6.07) is 1.69. The van der Waals surface area contributed by atoms with Gasteiger partial charge in [0, 0.05) is 10.9 Å². The van der Waals surface area contributed by atoms with Crippen LogP contribution in [0.5, 0.6) is 0 Å². The van der Waals surface area contributed by atoms with Crippen LogP contribution in [0.2, 0.25) is 0 Å². The predicted octanol–water partition coefficient (Wildman–Crippen LogP) is 2.57. The van der Waals surface area contributed by atoms with Crippen LogP contribution in [0.25, 0.3) is 0 Å². The van der Waals surface area contributed by atoms with E-state index in [9.17, 15) is 8.42 Å². The zero-order valence-corrected chi connectivity index (χ0v) is 14.2. The highest BCUT2D eigenvalue weighted by Gasteiger charge is 2.20. The molecule has 9 heteroatoms. The number of hydrogen-bond acceptors (Lipinski definition) is 6. The number of hydrogen-bond donors (Lipinski definition) is 1. The fourth-order valence-corrected chi connectivity index (χ4v) is 4.84. The van der Waals surface area contributed by atoms with Crippen LogP contribution in [0.15, 0.2) is 24.5 Å². The summed E-state index contributed by atoms with van der Waals surface area (Å²) >= 11 is 4.34. The molecule has 110 valence electrons. The summed E-state index contributed by atoms with van der Waals surface area (Å²) in [7, 11) is -3.57. The molecule has 0 aliphatic rings. The number of nitrogens with one attached hydrogen (secondary N) is 1. The Labute approximate surface area is 129 Å². The summed E-state index contributed by atoms with van der Waals surface area (Å²) in [5.74, 6) is 1.19. The van der Waals surface area contributed by atoms with Gasteiger partial charge in [-0.1, -0.05) is 13.8 Å². The summed E-state index contributed by atoms with van der Waals surface area (Å²) in [6.07, 6.45) is 0.677. The lowest BCUT2D eigenvalue weighted by molar-refractivity contribution is 0.421. The maximum atomic E-state index is 12.1. The van der Waals surface area contributed by atoms with Crippen molar-refractivity contribution in [3.05, 3.63) is 27.7 Å². The number of thiophene rings is 1. The molecule has 2 heterocycles. The fraction of sp³-hybridized carbons (Fsp3) is 0.455. The first kappa shape index (κ1) is 15.6. The molecule has 1 N–H and O–H groups in total. The second kappa shape index (κ2) is 6.33. The van der Waals surface area contributed by atoms with Crippen LogP contribution < -0.4 is 4.72 Å². The Morgan fingerprint density at radius 3 is 2.70 bits per heavy atom. The Balaban J connectivity index is 2.02. The van der Waals surface area contributed by atoms with Crippen LogP contribution in [-0.4, -0.2) is 18.6 Å². The van der Waals surface area contributed by atoms with Crippen molar-refractivity contribution in [3.63, 3.8) is 0 Å². The lowest BCUT2D eigenvalue weighted by Gasteiger charge is -2.02. The van der Waals surface area contributed by atoms with Gasteiger partial charge in [0.15, 0.2) is 0 Å². The SMILES string of the molecule is CC(C)Cc1nnc(CNS(=O)(=O)c2sccc2Br)o1. The lowest BCUT2D eigenvalue weighted by atomic mass is 10.1. The summed E-state index contributed by atoms with van der Waals surface area (Å²) in [5, 5.41) is 9.40. The molecule has 0 aliphatic heterocycles. The minimum atomic E-state index is -3.57. The normalized spacial score (nSPS) is 12.2. The molecule has 0 saturated carbocycles. The van der Waals surface area contributed by atoms with E-state index in [1.807, 2.05) is 13.8 Å². The van der Waals surface area contributed by atoms with Crippen molar-refractivity contribution in [1.29, 1.82) is 0 Å². The molecular weight excluding hydrogens is 366 g/mol. The van der Waals surface area contributed by atoms with E-state index in [0.717, 1.165) is 11.3 Å². The van der Waals surface area contributed by atoms with E-state index in [0.29, 0.717) is 22.7 Å². The van der Waals surface area contributed by atoms with E-state index in [1.54, 1.807) is 11.4 Å². The molecule has 0 atom stereocenters. The van der Waals surface area contributed by atoms with Gasteiger partial charge in [0.2, 0.25) is 11.8 Å². The first-order chi connectivity index (χ1) is 9.38. The molecular formula is C11H14BrN3O3S2. The Morgan fingerprint density at radius 2 is 2.10 bits per heavy atom. The number of halogens is 1. The van der Waals surface area contributed by atoms with Crippen LogP contribution in [-0.2, 0) is 23.0 Å². The van der Waals surface area contributed by atoms with Crippen molar-refractivity contribution in [2.24, 2.45) is 5.92 Å². The smallest absolute Gasteiger partial charge is 0.251 e. The van der Waals surface area contributed by atoms with E-state index in [2.05, 4.69) is 30.8 Å². The van der Waals surface area contributed by atoms with Crippen LogP contribution in [0.4, 0.5) is 0 Å². The Morgan fingerprint density at radius 1 is 1.40 bits per heavy atom. The average molecular weight is 380 g/mol. The van der Waals surface area contributed by atoms with Gasteiger partial charge in [-0.05, 0) is 33.3 Å². The van der Waals surface area contributed by atoms with Crippen molar-refractivity contribution in [2.75, 3.05) is 0 Å². The Kier molecular flexibility index (Phi) is 4.95. The minimum absolute atomic E-state index is 0.0161. The molecule has 0 aromatic carbocycles. The summed E-state index contributed by atoms with van der Waals surface area (Å²) in [5.41, 5.74) is 0. The van der Waals surface area contributed by atoms with Gasteiger partial charge in [-0.25, -0.2) is 13.1 Å². The van der Waals surface area contributed by atoms with Crippen molar-refractivity contribution < 1.29 is 12.8 Å². The maximum absolute atomic E-state index is 12.1. The minimum Gasteiger partial charge on any atom is -0.424 e. The quantitative estimate of drug-likeness (QED) is 0.833. The molecule has 0 fully saturated rings. The molecule has 0 amide bonds. The Bertz CT molecular complexity index is 679. The van der Waals surface area contributed by atoms with Crippen LogP contribution in [0.3, 0.4) is 0 Å². The molecule has 0 aliphatic carbocycles. The third-order valence-corrected chi connectivity index (χ3v) is 6.40. The first-order valence-corrected chi connectivity index (χ1v) is 9.08. The van der Waals surface area contributed by atoms with Crippen molar-refractivity contribution in [3.8, 4) is 0 Å². The van der Waals surface area contributed by atoms with Crippen molar-refractivity contribution >= 4 is 37.3 Å². The third kappa shape index (κ3) is 3.87. The highest BCUT2D eigenvalue weighted by atomic mass is 79.9. The second-order valence-corrected chi connectivity index (χ2v) is 8.30. The molecule has 6 nitrogen and oxygen atoms in total. The largest absolute Gasteiger partial charge is 0.424 e. The lowest BCUT2D eigenvalue weighted by Crippen LogP contribution is -2.22. The molecule has 0 spiro atoms. The zero-order valence-electron chi connectivity index (χ0n) is 11.0. The third-order valence-electron chi connectivity index (χ3n) is 2.33. The van der Waals surface area contributed by atoms with E-state index < -0.39 is 10.0 Å². The molecule has 0 saturated heterocycles. The standard InChI is InChI=1S/C11H14BrN3O3S2/c1-7(2)5-9-14-15-10(18-9)6-13-20(16,17)11-8(12)3-4-19-11/h3-4,7,13H,5-6H2,1-2H3. The van der Waals surface area contributed by atoms with Gasteiger partial charge in [0.25, 0.3) is 10.0 Å². The van der Waals surface area contributed by atoms with Crippen molar-refractivity contribution in [2.45, 2.75) is 31.0 Å². The van der Waals surface area contributed by atoms with Gasteiger partial charge in [-0.15, -0.1) is 21.5 Å². The summed E-state index contributed by atoms with van der Waals surface area (Å²) < 4.78 is 32.7. The molecule has 20 heavy (non-hydrogen) atoms. The highest BCUT2D eigenvalue weighted by molar-refractivity contribution is 9.10. The van der Waals surface area contributed by atoms with Gasteiger partial charge in [-0.2, -0.15) is 0 Å². The van der Waals surface area contributed by atoms with E-state index >= 15 is 0 Å². The van der Waals surface area contributed by atoms with E-state index in [4.69, 9.17) is 4.42 Å². The van der Waals surface area contributed by atoms with Gasteiger partial charge >= 0.3 is 0 Å². The highest BCUT2D eigenvalue weighted by Crippen LogP contribution is 2.27. The van der Waals surface area contributed by atoms with Crippen LogP contribution >= 0.6 is 27.3 Å². The van der Waals surface area contributed by atoms with Crippen LogP contribution in [0, 0.1) is 5.92 Å². The fourth-order valence-electron chi connectivity index (χ4n) is 1.49. The summed E-state index contributed by atoms with van der Waals surface area (Å²) in [4.78, 5) is 0. The van der Waals surface area contributed by atoms with Gasteiger partial charge < -0.3 is 4.42 Å². The number of sulfonamides is 1. The second-order valence-electron chi connectivity index (χ2n) is 4.57. The topological polar surface area (TPSA) is 85.1 Å². The molecule has 0 unspecified atom stereocenters. The monoisotopic (exact) mass is 379 g/mol. The molecule has 0 bridgehead atoms. The van der Waals surface area contributed by atoms with E-state index in [-0.39, 0.29) is 16.6 Å². The predicted molar refractivity (Wildman–Crippen MR) is 78.9 cm³/mol. The molecule has 2 rings (SSSR count). The maximum Gasteiger partial charge on any atom is 0.251 e. The van der Waals surface area contributed by atoms with E-state index in [1.165, 1.54) is 0 Å². The summed E-state index contributed by atoms with van der Waals surface area (Å²) in [6.45, 7) is 4.07. The molecule has 0 radical (unpaired) electrons. The number of rotatable bonds is 6. The zero-order chi connectivity index (χ0) is 14.8. The molecule has 2 aromatic rings. The molecule has 2 aromatic heterocycles. The Hall–Kier alpha value is -0.770.